The summed E-state index contributed by atoms with van der Waals surface area (Å²) in [5.74, 6) is -1.27. The van der Waals surface area contributed by atoms with Gasteiger partial charge in [-0.25, -0.2) is 4.79 Å². The number of ether oxygens (including phenoxy) is 1. The van der Waals surface area contributed by atoms with Crippen molar-refractivity contribution in [1.82, 2.24) is 5.32 Å². The number of fused-ring (bicyclic) bond motifs is 1. The van der Waals surface area contributed by atoms with E-state index in [9.17, 15) is 14.4 Å². The number of rotatable bonds is 5. The number of esters is 1. The normalized spacial score (nSPS) is 13.6. The van der Waals surface area contributed by atoms with Gasteiger partial charge in [-0.05, 0) is 44.0 Å². The van der Waals surface area contributed by atoms with Crippen LogP contribution in [0.25, 0.3) is 0 Å². The molecule has 3 rings (SSSR count). The summed E-state index contributed by atoms with van der Waals surface area (Å²) >= 11 is 0. The standard InChI is InChI=1S/C21H22N2O4/c1-14-6-5-8-17(12-14)20(25)22-15(2)21(26)27-13-19(24)23-11-10-16-7-3-4-9-18(16)23/h3-9,12,15H,10-11,13H2,1-2H3,(H,22,25)/t15-/m0/s1. The molecule has 0 radical (unpaired) electrons. The number of carbonyl (C=O) groups is 3. The molecule has 0 bridgehead atoms. The van der Waals surface area contributed by atoms with Gasteiger partial charge in [-0.15, -0.1) is 0 Å². The second-order valence-corrected chi connectivity index (χ2v) is 6.60. The van der Waals surface area contributed by atoms with Crippen LogP contribution in [0.4, 0.5) is 5.69 Å². The molecule has 0 saturated heterocycles. The van der Waals surface area contributed by atoms with Crippen LogP contribution in [0.2, 0.25) is 0 Å². The summed E-state index contributed by atoms with van der Waals surface area (Å²) in [6.07, 6.45) is 0.790. The Hall–Kier alpha value is -3.15. The number of carbonyl (C=O) groups excluding carboxylic acids is 3. The topological polar surface area (TPSA) is 75.7 Å². The van der Waals surface area contributed by atoms with Crippen LogP contribution in [0.15, 0.2) is 48.5 Å². The van der Waals surface area contributed by atoms with Crippen LogP contribution in [0.5, 0.6) is 0 Å². The van der Waals surface area contributed by atoms with Crippen molar-refractivity contribution in [3.05, 3.63) is 65.2 Å². The van der Waals surface area contributed by atoms with E-state index in [1.165, 1.54) is 6.92 Å². The van der Waals surface area contributed by atoms with E-state index in [-0.39, 0.29) is 18.4 Å². The molecule has 0 aromatic heterocycles. The fourth-order valence-electron chi connectivity index (χ4n) is 3.06. The molecule has 0 unspecified atom stereocenters. The minimum Gasteiger partial charge on any atom is -0.454 e. The van der Waals surface area contributed by atoms with Crippen molar-refractivity contribution >= 4 is 23.5 Å². The lowest BCUT2D eigenvalue weighted by Crippen LogP contribution is -2.41. The first-order chi connectivity index (χ1) is 13.0. The molecule has 1 heterocycles. The summed E-state index contributed by atoms with van der Waals surface area (Å²) in [6, 6.07) is 13.9. The molecule has 6 heteroatoms. The predicted molar refractivity (Wildman–Crippen MR) is 102 cm³/mol. The second kappa shape index (κ2) is 8.03. The molecule has 0 fully saturated rings. The Morgan fingerprint density at radius 2 is 1.93 bits per heavy atom. The van der Waals surface area contributed by atoms with Crippen LogP contribution in [0.1, 0.15) is 28.4 Å². The van der Waals surface area contributed by atoms with E-state index in [1.807, 2.05) is 37.3 Å². The first-order valence-electron chi connectivity index (χ1n) is 8.88. The third-order valence-corrected chi connectivity index (χ3v) is 4.51. The van der Waals surface area contributed by atoms with Crippen LogP contribution in [0.3, 0.4) is 0 Å². The smallest absolute Gasteiger partial charge is 0.328 e. The minimum absolute atomic E-state index is 0.273. The van der Waals surface area contributed by atoms with E-state index in [0.29, 0.717) is 12.1 Å². The van der Waals surface area contributed by atoms with Gasteiger partial charge >= 0.3 is 5.97 Å². The molecule has 1 atom stereocenters. The Bertz CT molecular complexity index is 878. The number of hydrogen-bond acceptors (Lipinski definition) is 4. The Balaban J connectivity index is 1.52. The molecule has 27 heavy (non-hydrogen) atoms. The molecule has 0 aliphatic carbocycles. The van der Waals surface area contributed by atoms with E-state index in [0.717, 1.165) is 23.2 Å². The monoisotopic (exact) mass is 366 g/mol. The summed E-state index contributed by atoms with van der Waals surface area (Å²) in [4.78, 5) is 38.3. The van der Waals surface area contributed by atoms with Crippen molar-refractivity contribution in [2.75, 3.05) is 18.1 Å². The Morgan fingerprint density at radius 3 is 2.70 bits per heavy atom. The third kappa shape index (κ3) is 4.34. The molecule has 2 aromatic rings. The number of aryl methyl sites for hydroxylation is 1. The van der Waals surface area contributed by atoms with Gasteiger partial charge in [0.25, 0.3) is 11.8 Å². The highest BCUT2D eigenvalue weighted by atomic mass is 16.5. The molecule has 1 aliphatic heterocycles. The van der Waals surface area contributed by atoms with E-state index in [4.69, 9.17) is 4.74 Å². The maximum Gasteiger partial charge on any atom is 0.328 e. The van der Waals surface area contributed by atoms with Crippen molar-refractivity contribution < 1.29 is 19.1 Å². The summed E-state index contributed by atoms with van der Waals surface area (Å²) in [7, 11) is 0. The molecular weight excluding hydrogens is 344 g/mol. The molecule has 0 spiro atoms. The number of hydrogen-bond donors (Lipinski definition) is 1. The molecule has 1 aliphatic rings. The zero-order valence-corrected chi connectivity index (χ0v) is 15.4. The van der Waals surface area contributed by atoms with Crippen LogP contribution in [0, 0.1) is 6.92 Å². The Labute approximate surface area is 158 Å². The maximum atomic E-state index is 12.4. The largest absolute Gasteiger partial charge is 0.454 e. The van der Waals surface area contributed by atoms with Crippen molar-refractivity contribution in [2.45, 2.75) is 26.3 Å². The zero-order valence-electron chi connectivity index (χ0n) is 15.4. The fourth-order valence-corrected chi connectivity index (χ4v) is 3.06. The average Bonchev–Trinajstić information content (AvgIpc) is 3.10. The molecule has 6 nitrogen and oxygen atoms in total. The maximum absolute atomic E-state index is 12.4. The lowest BCUT2D eigenvalue weighted by Gasteiger charge is -2.18. The summed E-state index contributed by atoms with van der Waals surface area (Å²) < 4.78 is 5.11. The van der Waals surface area contributed by atoms with Crippen LogP contribution in [-0.2, 0) is 20.7 Å². The van der Waals surface area contributed by atoms with Gasteiger partial charge in [0.05, 0.1) is 0 Å². The number of nitrogens with one attached hydrogen (secondary N) is 1. The van der Waals surface area contributed by atoms with Gasteiger partial charge in [0.15, 0.2) is 6.61 Å². The van der Waals surface area contributed by atoms with Gasteiger partial charge in [0, 0.05) is 17.8 Å². The van der Waals surface area contributed by atoms with Gasteiger partial charge < -0.3 is 15.0 Å². The molecule has 0 saturated carbocycles. The number of nitrogens with zero attached hydrogens (tertiary/aromatic N) is 1. The summed E-state index contributed by atoms with van der Waals surface area (Å²) in [6.45, 7) is 3.65. The van der Waals surface area contributed by atoms with Gasteiger partial charge in [0.1, 0.15) is 6.04 Å². The minimum atomic E-state index is -0.850. The quantitative estimate of drug-likeness (QED) is 0.824. The Kier molecular flexibility index (Phi) is 5.54. The number of benzene rings is 2. The van der Waals surface area contributed by atoms with Crippen LogP contribution < -0.4 is 10.2 Å². The van der Waals surface area contributed by atoms with E-state index < -0.39 is 12.0 Å². The van der Waals surface area contributed by atoms with Crippen molar-refractivity contribution in [3.8, 4) is 0 Å². The number of anilines is 1. The SMILES string of the molecule is Cc1cccc(C(=O)N[C@@H](C)C(=O)OCC(=O)N2CCc3ccccc32)c1. The van der Waals surface area contributed by atoms with E-state index >= 15 is 0 Å². The summed E-state index contributed by atoms with van der Waals surface area (Å²) in [5.41, 5.74) is 3.39. The highest BCUT2D eigenvalue weighted by Gasteiger charge is 2.26. The van der Waals surface area contributed by atoms with Gasteiger partial charge in [-0.2, -0.15) is 0 Å². The van der Waals surface area contributed by atoms with Crippen LogP contribution in [-0.4, -0.2) is 37.0 Å². The van der Waals surface area contributed by atoms with Crippen molar-refractivity contribution in [2.24, 2.45) is 0 Å². The molecule has 2 aromatic carbocycles. The third-order valence-electron chi connectivity index (χ3n) is 4.51. The van der Waals surface area contributed by atoms with Crippen molar-refractivity contribution in [3.63, 3.8) is 0 Å². The van der Waals surface area contributed by atoms with Gasteiger partial charge in [-0.1, -0.05) is 35.9 Å². The fraction of sp³-hybridized carbons (Fsp3) is 0.286. The highest BCUT2D eigenvalue weighted by Crippen LogP contribution is 2.27. The first kappa shape index (κ1) is 18.6. The predicted octanol–water partition coefficient (Wildman–Crippen LogP) is 2.25. The van der Waals surface area contributed by atoms with Crippen molar-refractivity contribution in [1.29, 1.82) is 0 Å². The van der Waals surface area contributed by atoms with Crippen LogP contribution >= 0.6 is 0 Å². The molecular formula is C21H22N2O4. The summed E-state index contributed by atoms with van der Waals surface area (Å²) in [5, 5.41) is 2.59. The second-order valence-electron chi connectivity index (χ2n) is 6.60. The van der Waals surface area contributed by atoms with E-state index in [1.54, 1.807) is 23.1 Å². The highest BCUT2D eigenvalue weighted by molar-refractivity contribution is 5.98. The zero-order chi connectivity index (χ0) is 19.4. The van der Waals surface area contributed by atoms with Gasteiger partial charge in [-0.3, -0.25) is 9.59 Å². The van der Waals surface area contributed by atoms with Gasteiger partial charge in [0.2, 0.25) is 0 Å². The first-order valence-corrected chi connectivity index (χ1v) is 8.88. The lowest BCUT2D eigenvalue weighted by molar-refractivity contribution is -0.149. The molecule has 140 valence electrons. The molecule has 2 amide bonds. The number of para-hydroxylation sites is 1. The molecule has 1 N–H and O–H groups in total. The lowest BCUT2D eigenvalue weighted by atomic mass is 10.1. The Morgan fingerprint density at radius 1 is 1.15 bits per heavy atom. The van der Waals surface area contributed by atoms with E-state index in [2.05, 4.69) is 5.32 Å². The average molecular weight is 366 g/mol. The number of amides is 2.